The van der Waals surface area contributed by atoms with Crippen molar-refractivity contribution in [1.82, 2.24) is 0 Å². The van der Waals surface area contributed by atoms with Crippen molar-refractivity contribution in [2.24, 2.45) is 0 Å². The van der Waals surface area contributed by atoms with E-state index >= 15 is 0 Å². The first-order chi connectivity index (χ1) is 24.9. The molecule has 53 heavy (non-hydrogen) atoms. The first kappa shape index (κ1) is 40.0. The Bertz CT molecular complexity index is 1930. The van der Waals surface area contributed by atoms with E-state index in [0.29, 0.717) is 35.6 Å². The molecule has 0 radical (unpaired) electrons. The molecule has 0 aliphatic carbocycles. The van der Waals surface area contributed by atoms with Gasteiger partial charge in [0.1, 0.15) is 17.8 Å². The van der Waals surface area contributed by atoms with Crippen LogP contribution in [0.2, 0.25) is 0 Å². The maximum atomic E-state index is 12.7. The van der Waals surface area contributed by atoms with Gasteiger partial charge < -0.3 is 19.3 Å². The van der Waals surface area contributed by atoms with Crippen molar-refractivity contribution >= 4 is 50.6 Å². The van der Waals surface area contributed by atoms with E-state index in [2.05, 4.69) is 42.5 Å². The summed E-state index contributed by atoms with van der Waals surface area (Å²) in [4.78, 5) is 27.1. The molecule has 2 atom stereocenters. The van der Waals surface area contributed by atoms with E-state index in [1.807, 2.05) is 60.7 Å². The number of aliphatic hydroxyl groups is 1. The number of aliphatic hydroxyl groups excluding tert-OH is 1. The normalized spacial score (nSPS) is 16.1. The molecular weight excluding hydrogens is 709 g/mol. The zero-order chi connectivity index (χ0) is 35.6. The fraction of sp³-hybridized carbons (Fsp3) is 0.171. The van der Waals surface area contributed by atoms with Crippen LogP contribution < -0.4 is 9.80 Å². The number of rotatable bonds is 9. The summed E-state index contributed by atoms with van der Waals surface area (Å²) in [5.74, 6) is 0. The second-order valence-electron chi connectivity index (χ2n) is 11.8. The van der Waals surface area contributed by atoms with Crippen LogP contribution >= 0.6 is 27.0 Å². The number of nitrogens with zero attached hydrogens (tertiary/aromatic N) is 4. The summed E-state index contributed by atoms with van der Waals surface area (Å²) in [6.07, 6.45) is -1.81. The van der Waals surface area contributed by atoms with Crippen LogP contribution in [0.1, 0.15) is 27.8 Å². The Morgan fingerprint density at radius 1 is 0.604 bits per heavy atom. The summed E-state index contributed by atoms with van der Waals surface area (Å²) in [5.41, 5.74) is 4.53. The van der Waals surface area contributed by atoms with Crippen LogP contribution in [-0.2, 0) is 19.8 Å². The third-order valence-electron chi connectivity index (χ3n) is 8.59. The Kier molecular flexibility index (Phi) is 14.1. The Balaban J connectivity index is 0.000000294. The molecule has 10 nitrogen and oxygen atoms in total. The number of nitriles is 2. The molecule has 270 valence electrons. The predicted octanol–water partition coefficient (Wildman–Crippen LogP) is 6.99. The summed E-state index contributed by atoms with van der Waals surface area (Å²) in [6, 6.07) is 47.9. The third kappa shape index (κ3) is 9.01. The number of amides is 2. The summed E-state index contributed by atoms with van der Waals surface area (Å²) in [7, 11) is 0. The molecule has 2 saturated heterocycles. The van der Waals surface area contributed by atoms with Crippen molar-refractivity contribution in [3.63, 3.8) is 0 Å². The van der Waals surface area contributed by atoms with E-state index in [9.17, 15) is 9.59 Å². The van der Waals surface area contributed by atoms with E-state index < -0.39 is 30.0 Å². The second-order valence-corrected chi connectivity index (χ2v) is 11.8. The summed E-state index contributed by atoms with van der Waals surface area (Å²) in [5, 5.41) is 26.6. The minimum Gasteiger partial charge on any atom is -0.441 e. The highest BCUT2D eigenvalue weighted by Gasteiger charge is 2.40. The van der Waals surface area contributed by atoms with E-state index in [4.69, 9.17) is 29.8 Å². The number of carbonyl (C=O) groups excluding carboxylic acids is 2. The molecule has 2 fully saturated rings. The fourth-order valence-electron chi connectivity index (χ4n) is 6.06. The number of cyclic esters (lactones) is 2. The standard InChI is InChI=1S/C30H24N2O3.C11H10N2O3.2H2S/c31-20-23-16-18-27(19-17-23)32-21-28(35-29(32)33)22-34-30(24-10-4-1-5-11-24,25-12-6-2-7-13-25)26-14-8-3-9-15-26;12-5-8-1-3-9(4-2-8)13-6-10(7-14)16-11(13)15;;/h1-19,28H,21-22H2;1-4,10,14H,6-7H2;2*1H2/t28-;10-;;/m00../s1. The highest BCUT2D eigenvalue weighted by Crippen LogP contribution is 2.41. The van der Waals surface area contributed by atoms with Crippen molar-refractivity contribution in [1.29, 1.82) is 10.5 Å². The van der Waals surface area contributed by atoms with Gasteiger partial charge in [0, 0.05) is 11.4 Å². The molecule has 0 unspecified atom stereocenters. The van der Waals surface area contributed by atoms with Gasteiger partial charge in [-0.3, -0.25) is 9.80 Å². The first-order valence-electron chi connectivity index (χ1n) is 16.3. The van der Waals surface area contributed by atoms with Gasteiger partial charge in [-0.05, 0) is 65.2 Å². The van der Waals surface area contributed by atoms with Crippen LogP contribution in [0.15, 0.2) is 140 Å². The third-order valence-corrected chi connectivity index (χ3v) is 8.59. The van der Waals surface area contributed by atoms with Gasteiger partial charge in [0.05, 0.1) is 49.6 Å². The topological polar surface area (TPSA) is 136 Å². The molecule has 0 bridgehead atoms. The van der Waals surface area contributed by atoms with Gasteiger partial charge in [0.15, 0.2) is 0 Å². The number of hydrogen-bond acceptors (Lipinski definition) is 8. The van der Waals surface area contributed by atoms with E-state index in [1.54, 1.807) is 53.4 Å². The molecule has 0 aromatic heterocycles. The van der Waals surface area contributed by atoms with Crippen molar-refractivity contribution in [2.75, 3.05) is 36.1 Å². The lowest BCUT2D eigenvalue weighted by Gasteiger charge is -2.36. The smallest absolute Gasteiger partial charge is 0.414 e. The second kappa shape index (κ2) is 18.6. The Hall–Kier alpha value is -5.76. The molecule has 7 rings (SSSR count). The van der Waals surface area contributed by atoms with Gasteiger partial charge >= 0.3 is 12.2 Å². The highest BCUT2D eigenvalue weighted by molar-refractivity contribution is 7.59. The number of anilines is 2. The first-order valence-corrected chi connectivity index (χ1v) is 16.3. The monoisotopic (exact) mass is 746 g/mol. The molecular formula is C41H38N4O6S2. The minimum absolute atomic E-state index is 0. The fourth-order valence-corrected chi connectivity index (χ4v) is 6.06. The average Bonchev–Trinajstić information content (AvgIpc) is 3.77. The molecule has 5 aromatic rings. The zero-order valence-corrected chi connectivity index (χ0v) is 30.5. The molecule has 5 aromatic carbocycles. The SMILES string of the molecule is N#Cc1ccc(N2C[C@@H](CO)OC2=O)cc1.N#Cc1ccc(N2C[C@@H](COC(c3ccccc3)(c3ccccc3)c3ccccc3)OC2=O)cc1.S.S. The van der Waals surface area contributed by atoms with Crippen molar-refractivity contribution in [2.45, 2.75) is 17.8 Å². The molecule has 12 heteroatoms. The quantitative estimate of drug-likeness (QED) is 0.160. The lowest BCUT2D eigenvalue weighted by molar-refractivity contribution is -0.0296. The van der Waals surface area contributed by atoms with Gasteiger partial charge in [-0.2, -0.15) is 37.5 Å². The largest absolute Gasteiger partial charge is 0.441 e. The maximum Gasteiger partial charge on any atom is 0.414 e. The molecule has 1 N–H and O–H groups in total. The minimum atomic E-state index is -0.877. The van der Waals surface area contributed by atoms with Crippen molar-refractivity contribution in [3.05, 3.63) is 167 Å². The lowest BCUT2D eigenvalue weighted by Crippen LogP contribution is -2.36. The molecule has 2 aliphatic rings. The number of carbonyl (C=O) groups is 2. The van der Waals surface area contributed by atoms with E-state index in [0.717, 1.165) is 16.7 Å². The molecule has 0 spiro atoms. The van der Waals surface area contributed by atoms with Crippen molar-refractivity contribution < 1.29 is 28.9 Å². The van der Waals surface area contributed by atoms with Gasteiger partial charge in [0.25, 0.3) is 0 Å². The van der Waals surface area contributed by atoms with Gasteiger partial charge in [-0.1, -0.05) is 91.0 Å². The lowest BCUT2D eigenvalue weighted by atomic mass is 9.80. The Morgan fingerprint density at radius 3 is 1.30 bits per heavy atom. The summed E-state index contributed by atoms with van der Waals surface area (Å²) in [6.45, 7) is 0.718. The van der Waals surface area contributed by atoms with Crippen LogP contribution in [0.4, 0.5) is 21.0 Å². The number of ether oxygens (including phenoxy) is 3. The van der Waals surface area contributed by atoms with Gasteiger partial charge in [0.2, 0.25) is 0 Å². The number of benzene rings is 5. The molecule has 0 saturated carbocycles. The Morgan fingerprint density at radius 2 is 0.962 bits per heavy atom. The van der Waals surface area contributed by atoms with Gasteiger partial charge in [-0.15, -0.1) is 0 Å². The van der Waals surface area contributed by atoms with Crippen LogP contribution in [0.25, 0.3) is 0 Å². The molecule has 2 aliphatic heterocycles. The summed E-state index contributed by atoms with van der Waals surface area (Å²) < 4.78 is 17.4. The summed E-state index contributed by atoms with van der Waals surface area (Å²) >= 11 is 0. The number of hydrogen-bond donors (Lipinski definition) is 1. The van der Waals surface area contributed by atoms with E-state index in [1.165, 1.54) is 4.90 Å². The van der Waals surface area contributed by atoms with Crippen LogP contribution in [0.3, 0.4) is 0 Å². The molecule has 2 heterocycles. The predicted molar refractivity (Wildman–Crippen MR) is 211 cm³/mol. The maximum absolute atomic E-state index is 12.7. The highest BCUT2D eigenvalue weighted by atomic mass is 32.1. The average molecular weight is 747 g/mol. The van der Waals surface area contributed by atoms with Crippen molar-refractivity contribution in [3.8, 4) is 12.1 Å². The van der Waals surface area contributed by atoms with Crippen LogP contribution in [0.5, 0.6) is 0 Å². The zero-order valence-electron chi connectivity index (χ0n) is 28.5. The van der Waals surface area contributed by atoms with Gasteiger partial charge in [-0.25, -0.2) is 9.59 Å². The van der Waals surface area contributed by atoms with Crippen LogP contribution in [-0.4, -0.2) is 55.8 Å². The Labute approximate surface area is 322 Å². The van der Waals surface area contributed by atoms with E-state index in [-0.39, 0.29) is 40.2 Å². The van der Waals surface area contributed by atoms with Crippen LogP contribution in [0, 0.1) is 22.7 Å². The molecule has 2 amide bonds.